The molecule has 2 rings (SSSR count). The van der Waals surface area contributed by atoms with E-state index in [1.807, 2.05) is 0 Å². The van der Waals surface area contributed by atoms with Crippen LogP contribution in [0.5, 0.6) is 5.75 Å². The zero-order chi connectivity index (χ0) is 16.1. The van der Waals surface area contributed by atoms with E-state index in [2.05, 4.69) is 10.5 Å². The predicted octanol–water partition coefficient (Wildman–Crippen LogP) is 2.67. The zero-order valence-corrected chi connectivity index (χ0v) is 13.2. The van der Waals surface area contributed by atoms with Gasteiger partial charge in [0, 0.05) is 17.1 Å². The van der Waals surface area contributed by atoms with Crippen LogP contribution in [0.2, 0.25) is 10.0 Å². The minimum Gasteiger partial charge on any atom is -0.484 e. The molecule has 0 bridgehead atoms. The van der Waals surface area contributed by atoms with Crippen molar-refractivity contribution in [1.82, 2.24) is 10.5 Å². The average Bonchev–Trinajstić information content (AvgIpc) is 2.95. The first-order valence-electron chi connectivity index (χ1n) is 6.44. The Morgan fingerprint density at radius 3 is 2.91 bits per heavy atom. The number of aliphatic hydroxyl groups is 1. The normalized spacial score (nSPS) is 12.0. The third-order valence-corrected chi connectivity index (χ3v) is 3.24. The topological polar surface area (TPSA) is 84.6 Å². The number of aliphatic hydroxyl groups excluding tert-OH is 1. The number of hydrogen-bond acceptors (Lipinski definition) is 5. The SMILES string of the molecule is CC(CO)NC(=O)c1cc(COc2ccc(Cl)cc2Cl)on1. The predicted molar refractivity (Wildman–Crippen MR) is 81.3 cm³/mol. The average molecular weight is 345 g/mol. The molecule has 0 aliphatic rings. The van der Waals surface area contributed by atoms with E-state index < -0.39 is 5.91 Å². The number of carbonyl (C=O) groups excluding carboxylic acids is 1. The van der Waals surface area contributed by atoms with Crippen LogP contribution in [0.15, 0.2) is 28.8 Å². The fourth-order valence-corrected chi connectivity index (χ4v) is 2.04. The van der Waals surface area contributed by atoms with Crippen molar-refractivity contribution in [3.63, 3.8) is 0 Å². The standard InChI is InChI=1S/C14H14Cl2N2O4/c1-8(6-19)17-14(20)12-5-10(22-18-12)7-21-13-3-2-9(15)4-11(13)16/h2-5,8,19H,6-7H2,1H3,(H,17,20). The summed E-state index contributed by atoms with van der Waals surface area (Å²) in [6.07, 6.45) is 0. The van der Waals surface area contributed by atoms with Gasteiger partial charge in [-0.2, -0.15) is 0 Å². The van der Waals surface area contributed by atoms with Gasteiger partial charge in [0.15, 0.2) is 11.5 Å². The third-order valence-electron chi connectivity index (χ3n) is 2.71. The second kappa shape index (κ2) is 7.49. The summed E-state index contributed by atoms with van der Waals surface area (Å²) in [7, 11) is 0. The van der Waals surface area contributed by atoms with Crippen molar-refractivity contribution in [3.05, 3.63) is 45.8 Å². The highest BCUT2D eigenvalue weighted by molar-refractivity contribution is 6.35. The van der Waals surface area contributed by atoms with Crippen LogP contribution in [0.1, 0.15) is 23.2 Å². The summed E-state index contributed by atoms with van der Waals surface area (Å²) in [6, 6.07) is 5.95. The Morgan fingerprint density at radius 2 is 2.23 bits per heavy atom. The van der Waals surface area contributed by atoms with E-state index in [0.717, 1.165) is 0 Å². The summed E-state index contributed by atoms with van der Waals surface area (Å²) in [5, 5.41) is 16.0. The van der Waals surface area contributed by atoms with Crippen molar-refractivity contribution in [3.8, 4) is 5.75 Å². The van der Waals surface area contributed by atoms with E-state index in [1.165, 1.54) is 6.07 Å². The molecule has 2 N–H and O–H groups in total. The molecule has 22 heavy (non-hydrogen) atoms. The molecular formula is C14H14Cl2N2O4. The van der Waals surface area contributed by atoms with Crippen molar-refractivity contribution in [2.24, 2.45) is 0 Å². The van der Waals surface area contributed by atoms with Gasteiger partial charge in [0.05, 0.1) is 11.6 Å². The first kappa shape index (κ1) is 16.6. The summed E-state index contributed by atoms with van der Waals surface area (Å²) < 4.78 is 10.5. The zero-order valence-electron chi connectivity index (χ0n) is 11.7. The van der Waals surface area contributed by atoms with Crippen LogP contribution >= 0.6 is 23.2 Å². The Kier molecular flexibility index (Phi) is 5.65. The summed E-state index contributed by atoms with van der Waals surface area (Å²) in [5.74, 6) is 0.385. The number of rotatable bonds is 6. The summed E-state index contributed by atoms with van der Waals surface area (Å²) in [6.45, 7) is 1.58. The van der Waals surface area contributed by atoms with Crippen molar-refractivity contribution in [2.75, 3.05) is 6.61 Å². The smallest absolute Gasteiger partial charge is 0.273 e. The van der Waals surface area contributed by atoms with Gasteiger partial charge >= 0.3 is 0 Å². The van der Waals surface area contributed by atoms with Crippen LogP contribution in [-0.2, 0) is 6.61 Å². The number of nitrogens with one attached hydrogen (secondary N) is 1. The number of benzene rings is 1. The van der Waals surface area contributed by atoms with Crippen LogP contribution in [0, 0.1) is 0 Å². The molecule has 0 saturated carbocycles. The summed E-state index contributed by atoms with van der Waals surface area (Å²) in [4.78, 5) is 11.8. The largest absolute Gasteiger partial charge is 0.484 e. The van der Waals surface area contributed by atoms with Gasteiger partial charge in [0.25, 0.3) is 5.91 Å². The van der Waals surface area contributed by atoms with Gasteiger partial charge in [-0.25, -0.2) is 0 Å². The highest BCUT2D eigenvalue weighted by Crippen LogP contribution is 2.28. The van der Waals surface area contributed by atoms with E-state index in [1.54, 1.807) is 25.1 Å². The summed E-state index contributed by atoms with van der Waals surface area (Å²) in [5.41, 5.74) is 0.112. The van der Waals surface area contributed by atoms with E-state index in [0.29, 0.717) is 21.6 Å². The molecule has 0 saturated heterocycles. The third kappa shape index (κ3) is 4.37. The van der Waals surface area contributed by atoms with E-state index in [4.69, 9.17) is 37.6 Å². The van der Waals surface area contributed by atoms with Crippen LogP contribution in [0.4, 0.5) is 0 Å². The Balaban J connectivity index is 1.96. The van der Waals surface area contributed by atoms with Crippen LogP contribution in [0.3, 0.4) is 0 Å². The Hall–Kier alpha value is -1.76. The number of carbonyl (C=O) groups is 1. The van der Waals surface area contributed by atoms with Gasteiger partial charge in [-0.05, 0) is 25.1 Å². The van der Waals surface area contributed by atoms with Gasteiger partial charge in [0.2, 0.25) is 0 Å². The van der Waals surface area contributed by atoms with Crippen molar-refractivity contribution in [2.45, 2.75) is 19.6 Å². The van der Waals surface area contributed by atoms with E-state index >= 15 is 0 Å². The Labute approximate surface area is 137 Å². The molecule has 1 amide bonds. The first-order valence-corrected chi connectivity index (χ1v) is 7.20. The molecule has 1 heterocycles. The number of halogens is 2. The highest BCUT2D eigenvalue weighted by Gasteiger charge is 2.15. The molecule has 118 valence electrons. The molecule has 1 unspecified atom stereocenters. The van der Waals surface area contributed by atoms with Crippen molar-refractivity contribution in [1.29, 1.82) is 0 Å². The van der Waals surface area contributed by atoms with Crippen LogP contribution < -0.4 is 10.1 Å². The molecular weight excluding hydrogens is 331 g/mol. The monoisotopic (exact) mass is 344 g/mol. The first-order chi connectivity index (χ1) is 10.5. The lowest BCUT2D eigenvalue weighted by Gasteiger charge is -2.08. The number of hydrogen-bond donors (Lipinski definition) is 2. The molecule has 2 aromatic rings. The van der Waals surface area contributed by atoms with E-state index in [-0.39, 0.29) is 24.9 Å². The Bertz CT molecular complexity index is 660. The lowest BCUT2D eigenvalue weighted by Crippen LogP contribution is -2.35. The van der Waals surface area contributed by atoms with Gasteiger partial charge in [0.1, 0.15) is 12.4 Å². The highest BCUT2D eigenvalue weighted by atomic mass is 35.5. The molecule has 1 aromatic heterocycles. The summed E-state index contributed by atoms with van der Waals surface area (Å²) >= 11 is 11.8. The van der Waals surface area contributed by atoms with E-state index in [9.17, 15) is 4.79 Å². The lowest BCUT2D eigenvalue weighted by atomic mass is 10.3. The number of aromatic nitrogens is 1. The molecule has 0 fully saturated rings. The van der Waals surface area contributed by atoms with Gasteiger partial charge in [-0.3, -0.25) is 4.79 Å². The van der Waals surface area contributed by atoms with Gasteiger partial charge < -0.3 is 19.7 Å². The molecule has 0 spiro atoms. The van der Waals surface area contributed by atoms with Crippen molar-refractivity contribution >= 4 is 29.1 Å². The second-order valence-corrected chi connectivity index (χ2v) is 5.44. The molecule has 8 heteroatoms. The molecule has 0 aliphatic carbocycles. The maximum absolute atomic E-state index is 11.8. The molecule has 1 atom stereocenters. The van der Waals surface area contributed by atoms with Gasteiger partial charge in [-0.1, -0.05) is 28.4 Å². The fraction of sp³-hybridized carbons (Fsp3) is 0.286. The van der Waals surface area contributed by atoms with Crippen molar-refractivity contribution < 1.29 is 19.2 Å². The lowest BCUT2D eigenvalue weighted by molar-refractivity contribution is 0.0913. The fourth-order valence-electron chi connectivity index (χ4n) is 1.57. The number of ether oxygens (including phenoxy) is 1. The Morgan fingerprint density at radius 1 is 1.45 bits per heavy atom. The maximum Gasteiger partial charge on any atom is 0.273 e. The van der Waals surface area contributed by atoms with Gasteiger partial charge in [-0.15, -0.1) is 0 Å². The maximum atomic E-state index is 11.8. The molecule has 6 nitrogen and oxygen atoms in total. The molecule has 0 radical (unpaired) electrons. The second-order valence-electron chi connectivity index (χ2n) is 4.60. The minimum absolute atomic E-state index is 0.0667. The van der Waals surface area contributed by atoms with Crippen LogP contribution in [-0.4, -0.2) is 28.8 Å². The number of amides is 1. The molecule has 0 aliphatic heterocycles. The minimum atomic E-state index is -0.430. The quantitative estimate of drug-likeness (QED) is 0.841. The molecule has 1 aromatic carbocycles. The van der Waals surface area contributed by atoms with Crippen LogP contribution in [0.25, 0.3) is 0 Å². The number of nitrogens with zero attached hydrogens (tertiary/aromatic N) is 1.